The topological polar surface area (TPSA) is 42.2 Å². The number of ketones is 1. The largest absolute Gasteiger partial charge is 0.453 e. The minimum atomic E-state index is 0.118. The molecule has 2 aromatic rings. The second-order valence-corrected chi connectivity index (χ2v) is 7.21. The number of hydrogen-bond donors (Lipinski definition) is 1. The smallest absolute Gasteiger partial charge is 0.199 e. The van der Waals surface area contributed by atoms with Crippen LogP contribution in [0, 0.1) is 11.8 Å². The van der Waals surface area contributed by atoms with Crippen molar-refractivity contribution in [3.63, 3.8) is 0 Å². The lowest BCUT2D eigenvalue weighted by Gasteiger charge is -2.16. The van der Waals surface area contributed by atoms with Crippen LogP contribution in [0.4, 0.5) is 0 Å². The monoisotopic (exact) mass is 347 g/mol. The van der Waals surface area contributed by atoms with E-state index in [0.29, 0.717) is 24.1 Å². The Morgan fingerprint density at radius 3 is 3.14 bits per heavy atom. The van der Waals surface area contributed by atoms with Gasteiger partial charge in [-0.1, -0.05) is 22.4 Å². The summed E-state index contributed by atoms with van der Waals surface area (Å²) in [6.07, 6.45) is 4.46. The number of carbonyl (C=O) groups excluding carboxylic acids is 1. The van der Waals surface area contributed by atoms with Gasteiger partial charge in [-0.25, -0.2) is 0 Å². The van der Waals surface area contributed by atoms with Crippen LogP contribution in [0.25, 0.3) is 11.0 Å². The van der Waals surface area contributed by atoms with E-state index in [2.05, 4.69) is 21.2 Å². The molecule has 1 saturated heterocycles. The van der Waals surface area contributed by atoms with Crippen LogP contribution in [-0.4, -0.2) is 18.4 Å². The SMILES string of the molecule is O=C(CC1NCC2CCCC21)c1cc2cc(Br)ccc2o1. The summed E-state index contributed by atoms with van der Waals surface area (Å²) in [4.78, 5) is 12.5. The maximum Gasteiger partial charge on any atom is 0.199 e. The van der Waals surface area contributed by atoms with Gasteiger partial charge in [0.1, 0.15) is 5.58 Å². The highest BCUT2D eigenvalue weighted by molar-refractivity contribution is 9.10. The van der Waals surface area contributed by atoms with Crippen molar-refractivity contribution in [2.24, 2.45) is 11.8 Å². The molecule has 4 rings (SSSR count). The molecule has 2 heterocycles. The molecule has 0 spiro atoms. The average Bonchev–Trinajstić information content (AvgIpc) is 3.14. The number of Topliss-reactive ketones (excluding diaryl/α,β-unsaturated/α-hetero) is 1. The Kier molecular flexibility index (Phi) is 3.38. The fraction of sp³-hybridized carbons (Fsp3) is 0.471. The Bertz CT molecular complexity index is 693. The van der Waals surface area contributed by atoms with Crippen molar-refractivity contribution in [2.75, 3.05) is 6.54 Å². The second-order valence-electron chi connectivity index (χ2n) is 6.29. The number of furan rings is 1. The highest BCUT2D eigenvalue weighted by Crippen LogP contribution is 2.39. The van der Waals surface area contributed by atoms with E-state index in [0.717, 1.165) is 27.9 Å². The standard InChI is InChI=1S/C17H18BrNO2/c18-12-4-5-16-11(6-12)7-17(21-16)15(20)8-14-13-3-1-2-10(13)9-19-14/h4-7,10,13-14,19H,1-3,8-9H2. The van der Waals surface area contributed by atoms with Gasteiger partial charge in [0.2, 0.25) is 0 Å². The van der Waals surface area contributed by atoms with Gasteiger partial charge in [-0.2, -0.15) is 0 Å². The van der Waals surface area contributed by atoms with E-state index in [1.54, 1.807) is 0 Å². The first-order chi connectivity index (χ1) is 10.2. The quantitative estimate of drug-likeness (QED) is 0.847. The molecule has 3 unspecified atom stereocenters. The van der Waals surface area contributed by atoms with Crippen molar-refractivity contribution >= 4 is 32.7 Å². The molecule has 4 heteroatoms. The zero-order valence-electron chi connectivity index (χ0n) is 11.8. The van der Waals surface area contributed by atoms with E-state index in [4.69, 9.17) is 4.42 Å². The van der Waals surface area contributed by atoms with Crippen LogP contribution in [-0.2, 0) is 0 Å². The maximum absolute atomic E-state index is 12.5. The highest BCUT2D eigenvalue weighted by Gasteiger charge is 2.39. The molecule has 21 heavy (non-hydrogen) atoms. The summed E-state index contributed by atoms with van der Waals surface area (Å²) in [6.45, 7) is 1.08. The van der Waals surface area contributed by atoms with Crippen LogP contribution in [0.15, 0.2) is 33.2 Å². The zero-order valence-corrected chi connectivity index (χ0v) is 13.4. The molecule has 2 fully saturated rings. The van der Waals surface area contributed by atoms with Gasteiger partial charge in [-0.3, -0.25) is 4.79 Å². The third-order valence-electron chi connectivity index (χ3n) is 5.04. The van der Waals surface area contributed by atoms with Crippen molar-refractivity contribution in [3.05, 3.63) is 34.5 Å². The van der Waals surface area contributed by atoms with Crippen molar-refractivity contribution in [1.82, 2.24) is 5.32 Å². The molecule has 3 nitrogen and oxygen atoms in total. The molecule has 110 valence electrons. The second kappa shape index (κ2) is 5.25. The summed E-state index contributed by atoms with van der Waals surface area (Å²) in [6, 6.07) is 8.02. The summed E-state index contributed by atoms with van der Waals surface area (Å²) in [5.41, 5.74) is 0.777. The van der Waals surface area contributed by atoms with Gasteiger partial charge in [0.25, 0.3) is 0 Å². The lowest BCUT2D eigenvalue weighted by Crippen LogP contribution is -2.29. The Morgan fingerprint density at radius 1 is 1.33 bits per heavy atom. The Hall–Kier alpha value is -1.13. The van der Waals surface area contributed by atoms with Gasteiger partial charge < -0.3 is 9.73 Å². The van der Waals surface area contributed by atoms with Crippen LogP contribution >= 0.6 is 15.9 Å². The highest BCUT2D eigenvalue weighted by atomic mass is 79.9. The fourth-order valence-corrected chi connectivity index (χ4v) is 4.36. The van der Waals surface area contributed by atoms with Crippen molar-refractivity contribution in [3.8, 4) is 0 Å². The molecule has 0 bridgehead atoms. The molecule has 1 aromatic carbocycles. The molecule has 2 aliphatic rings. The Labute approximate surface area is 132 Å². The molecule has 0 radical (unpaired) electrons. The lowest BCUT2D eigenvalue weighted by molar-refractivity contribution is 0.0938. The van der Waals surface area contributed by atoms with Crippen molar-refractivity contribution in [2.45, 2.75) is 31.7 Å². The first kappa shape index (κ1) is 13.5. The predicted octanol–water partition coefficient (Wildman–Crippen LogP) is 4.16. The van der Waals surface area contributed by atoms with E-state index in [9.17, 15) is 4.79 Å². The number of carbonyl (C=O) groups is 1. The summed E-state index contributed by atoms with van der Waals surface area (Å²) in [5.74, 6) is 2.08. The summed E-state index contributed by atoms with van der Waals surface area (Å²) in [5, 5.41) is 4.51. The van der Waals surface area contributed by atoms with Gasteiger partial charge in [0.15, 0.2) is 11.5 Å². The molecule has 3 atom stereocenters. The molecular formula is C17H18BrNO2. The van der Waals surface area contributed by atoms with Crippen LogP contribution < -0.4 is 5.32 Å². The van der Waals surface area contributed by atoms with E-state index in [1.165, 1.54) is 19.3 Å². The van der Waals surface area contributed by atoms with Gasteiger partial charge in [-0.15, -0.1) is 0 Å². The third kappa shape index (κ3) is 2.44. The minimum Gasteiger partial charge on any atom is -0.453 e. The zero-order chi connectivity index (χ0) is 14.4. The van der Waals surface area contributed by atoms with Gasteiger partial charge >= 0.3 is 0 Å². The first-order valence-corrected chi connectivity index (χ1v) is 8.46. The molecule has 1 aromatic heterocycles. The average molecular weight is 348 g/mol. The normalized spacial score (nSPS) is 28.1. The van der Waals surface area contributed by atoms with Gasteiger partial charge in [0.05, 0.1) is 0 Å². The summed E-state index contributed by atoms with van der Waals surface area (Å²) in [7, 11) is 0. The number of fused-ring (bicyclic) bond motifs is 2. The molecule has 0 amide bonds. The van der Waals surface area contributed by atoms with E-state index in [1.807, 2.05) is 24.3 Å². The fourth-order valence-electron chi connectivity index (χ4n) is 3.98. The van der Waals surface area contributed by atoms with Gasteiger partial charge in [-0.05, 0) is 55.5 Å². The number of hydrogen-bond acceptors (Lipinski definition) is 3. The maximum atomic E-state index is 12.5. The van der Waals surface area contributed by atoms with Crippen LogP contribution in [0.2, 0.25) is 0 Å². The van der Waals surface area contributed by atoms with Crippen LogP contribution in [0.5, 0.6) is 0 Å². The van der Waals surface area contributed by atoms with Gasteiger partial charge in [0, 0.05) is 22.3 Å². The van der Waals surface area contributed by atoms with E-state index in [-0.39, 0.29) is 5.78 Å². The number of benzene rings is 1. The van der Waals surface area contributed by atoms with Crippen LogP contribution in [0.3, 0.4) is 0 Å². The van der Waals surface area contributed by atoms with Crippen LogP contribution in [0.1, 0.15) is 36.2 Å². The summed E-state index contributed by atoms with van der Waals surface area (Å²) >= 11 is 3.44. The summed E-state index contributed by atoms with van der Waals surface area (Å²) < 4.78 is 6.71. The number of rotatable bonds is 3. The minimum absolute atomic E-state index is 0.118. The van der Waals surface area contributed by atoms with Crippen molar-refractivity contribution < 1.29 is 9.21 Å². The molecule has 1 saturated carbocycles. The number of nitrogens with one attached hydrogen (secondary N) is 1. The molecular weight excluding hydrogens is 330 g/mol. The molecule has 1 aliphatic carbocycles. The lowest BCUT2D eigenvalue weighted by atomic mass is 9.91. The van der Waals surface area contributed by atoms with E-state index >= 15 is 0 Å². The third-order valence-corrected chi connectivity index (χ3v) is 5.53. The molecule has 1 aliphatic heterocycles. The number of halogens is 1. The van der Waals surface area contributed by atoms with Crippen molar-refractivity contribution in [1.29, 1.82) is 0 Å². The Morgan fingerprint density at radius 2 is 2.24 bits per heavy atom. The van der Waals surface area contributed by atoms with E-state index < -0.39 is 0 Å². The predicted molar refractivity (Wildman–Crippen MR) is 85.5 cm³/mol. The Balaban J connectivity index is 1.53. The first-order valence-electron chi connectivity index (χ1n) is 7.66. The molecule has 1 N–H and O–H groups in total.